The quantitative estimate of drug-likeness (QED) is 0.0281. The number of hydrogen-bond acceptors (Lipinski definition) is 15. The van der Waals surface area contributed by atoms with Gasteiger partial charge in [-0.05, 0) is 83.9 Å². The first kappa shape index (κ1) is 53.5. The SMILES string of the molecule is NC(=NC=Nc1ccc(OC(F)(F)F)cc1)c1ccc(/C=N/N=C2\SCC(=O)N2c2ccccc2OCCOc2cccc(N3C(=O)CS/C3=N\N=C\c3ccc(-c4ncn(-c5ccc(OC(F)(F)F)cc5)n4)cc3)c2)cc1. The van der Waals surface area contributed by atoms with E-state index in [2.05, 4.69) is 49.9 Å². The van der Waals surface area contributed by atoms with Crippen LogP contribution in [-0.2, 0) is 9.59 Å². The van der Waals surface area contributed by atoms with E-state index in [4.69, 9.17) is 15.2 Å². The fourth-order valence-corrected chi connectivity index (χ4v) is 8.82. The molecule has 0 bridgehead atoms. The number of hydrogen-bond donors (Lipinski definition) is 1. The molecule has 0 saturated carbocycles. The molecule has 0 unspecified atom stereocenters. The summed E-state index contributed by atoms with van der Waals surface area (Å²) in [6.07, 6.45) is -3.92. The number of amides is 2. The second kappa shape index (κ2) is 24.1. The molecular weight excluding hydrogens is 1070 g/mol. The molecule has 6 aromatic carbocycles. The van der Waals surface area contributed by atoms with E-state index < -0.39 is 12.7 Å². The average Bonchev–Trinajstić information content (AvgIpc) is 4.21. The minimum Gasteiger partial charge on any atom is -0.490 e. The molecule has 0 aliphatic carbocycles. The number of carbonyl (C=O) groups is 2. The first-order valence-corrected chi connectivity index (χ1v) is 24.9. The number of nitrogens with zero attached hydrogens (tertiary/aromatic N) is 11. The second-order valence-electron chi connectivity index (χ2n) is 16.1. The number of amidine groups is 3. The number of ether oxygens (including phenoxy) is 4. The number of alkyl halides is 6. The summed E-state index contributed by atoms with van der Waals surface area (Å²) in [6.45, 7) is 0.207. The summed E-state index contributed by atoms with van der Waals surface area (Å²) in [6, 6.07) is 38.2. The molecule has 2 fully saturated rings. The van der Waals surface area contributed by atoms with E-state index in [1.807, 2.05) is 0 Å². The molecule has 26 heteroatoms. The monoisotopic (exact) mass is 1100 g/mol. The van der Waals surface area contributed by atoms with E-state index in [0.717, 1.165) is 12.1 Å². The van der Waals surface area contributed by atoms with E-state index >= 15 is 0 Å². The van der Waals surface area contributed by atoms with Gasteiger partial charge in [-0.2, -0.15) is 10.2 Å². The van der Waals surface area contributed by atoms with Crippen LogP contribution in [0.25, 0.3) is 17.1 Å². The molecular formula is C52H38F6N12O6S2. The maximum Gasteiger partial charge on any atom is 0.573 e. The van der Waals surface area contributed by atoms with Crippen LogP contribution in [0.3, 0.4) is 0 Å². The number of anilines is 2. The third-order valence-corrected chi connectivity index (χ3v) is 12.5. The van der Waals surface area contributed by atoms with Gasteiger partial charge in [0.2, 0.25) is 11.8 Å². The first-order chi connectivity index (χ1) is 37.6. The Labute approximate surface area is 447 Å². The molecule has 2 saturated heterocycles. The number of aromatic nitrogens is 3. The van der Waals surface area contributed by atoms with Crippen LogP contribution in [0, 0.1) is 0 Å². The first-order valence-electron chi connectivity index (χ1n) is 22.9. The summed E-state index contributed by atoms with van der Waals surface area (Å²) >= 11 is 2.45. The number of rotatable bonds is 18. The van der Waals surface area contributed by atoms with Crippen LogP contribution in [0.2, 0.25) is 0 Å². The molecule has 7 aromatic rings. The minimum absolute atomic E-state index is 0.0965. The summed E-state index contributed by atoms with van der Waals surface area (Å²) in [5.74, 6) is 0.556. The maximum absolute atomic E-state index is 13.2. The summed E-state index contributed by atoms with van der Waals surface area (Å²) in [5, 5.41) is 22.3. The number of aliphatic imine (C=N–C) groups is 2. The van der Waals surface area contributed by atoms with Crippen molar-refractivity contribution in [2.75, 3.05) is 34.5 Å². The van der Waals surface area contributed by atoms with E-state index in [0.29, 0.717) is 72.7 Å². The summed E-state index contributed by atoms with van der Waals surface area (Å²) in [7, 11) is 0. The summed E-state index contributed by atoms with van der Waals surface area (Å²) in [5.41, 5.74) is 10.5. The van der Waals surface area contributed by atoms with E-state index in [-0.39, 0.29) is 53.9 Å². The highest BCUT2D eigenvalue weighted by atomic mass is 32.2. The van der Waals surface area contributed by atoms with E-state index in [9.17, 15) is 35.9 Å². The fourth-order valence-electron chi connectivity index (χ4n) is 7.19. The van der Waals surface area contributed by atoms with Crippen molar-refractivity contribution in [1.82, 2.24) is 14.8 Å². The Morgan fingerprint density at radius 2 is 1.23 bits per heavy atom. The molecule has 1 aromatic heterocycles. The number of nitrogens with two attached hydrogens (primary N) is 1. The predicted molar refractivity (Wildman–Crippen MR) is 286 cm³/mol. The van der Waals surface area contributed by atoms with Gasteiger partial charge in [0.15, 0.2) is 16.2 Å². The molecule has 78 heavy (non-hydrogen) atoms. The molecule has 2 amide bonds. The van der Waals surface area contributed by atoms with Gasteiger partial charge in [-0.25, -0.2) is 19.7 Å². The van der Waals surface area contributed by atoms with Crippen molar-refractivity contribution in [1.29, 1.82) is 0 Å². The third kappa shape index (κ3) is 14.3. The molecule has 2 N–H and O–H groups in total. The number of carbonyl (C=O) groups excluding carboxylic acids is 2. The van der Waals surface area contributed by atoms with Crippen molar-refractivity contribution in [2.24, 2.45) is 36.1 Å². The minimum atomic E-state index is -4.80. The molecule has 0 spiro atoms. The number of benzene rings is 6. The highest BCUT2D eigenvalue weighted by molar-refractivity contribution is 8.15. The lowest BCUT2D eigenvalue weighted by molar-refractivity contribution is -0.275. The standard InChI is InChI=1S/C52H38F6N12O6S2/c53-51(54,55)75-40-20-16-37(17-21-40)60-31-61-47(59)35-12-8-33(9-13-35)27-64-66-50-70(46(72)30-78-50)43-6-1-2-7-44(43)74-25-24-73-42-5-3-4-39(26-42)69-45(71)29-77-49(69)65-63-28-34-10-14-36(15-11-34)48-62-32-68(67-48)38-18-22-41(23-19-38)76-52(56,57)58/h1-23,26-28,31-32H,24-25,29-30H2,(H2,59,60,61)/b63-28+,64-27+,65-49-,66-50-. The Balaban J connectivity index is 0.762. The predicted octanol–water partition coefficient (Wildman–Crippen LogP) is 10.2. The zero-order chi connectivity index (χ0) is 54.7. The van der Waals surface area contributed by atoms with Gasteiger partial charge in [0.1, 0.15) is 54.7 Å². The van der Waals surface area contributed by atoms with Crippen molar-refractivity contribution < 1.29 is 54.9 Å². The van der Waals surface area contributed by atoms with Crippen molar-refractivity contribution >= 4 is 87.3 Å². The Morgan fingerprint density at radius 1 is 0.641 bits per heavy atom. The highest BCUT2D eigenvalue weighted by Crippen LogP contribution is 2.35. The van der Waals surface area contributed by atoms with Gasteiger partial charge in [0.25, 0.3) is 0 Å². The smallest absolute Gasteiger partial charge is 0.490 e. The van der Waals surface area contributed by atoms with Crippen molar-refractivity contribution in [2.45, 2.75) is 12.7 Å². The van der Waals surface area contributed by atoms with Crippen LogP contribution >= 0.6 is 23.5 Å². The van der Waals surface area contributed by atoms with Crippen molar-refractivity contribution in [3.05, 3.63) is 169 Å². The molecule has 9 rings (SSSR count). The molecule has 3 heterocycles. The molecule has 0 radical (unpaired) electrons. The Hall–Kier alpha value is -9.30. The van der Waals surface area contributed by atoms with Crippen molar-refractivity contribution in [3.63, 3.8) is 0 Å². The van der Waals surface area contributed by atoms with Crippen molar-refractivity contribution in [3.8, 4) is 40.1 Å². The van der Waals surface area contributed by atoms with E-state index in [1.54, 1.807) is 97.1 Å². The number of thioether (sulfide) groups is 2. The van der Waals surface area contributed by atoms with Crippen LogP contribution in [-0.4, -0.2) is 99.0 Å². The van der Waals surface area contributed by atoms with Gasteiger partial charge in [-0.3, -0.25) is 19.4 Å². The lowest BCUT2D eigenvalue weighted by Crippen LogP contribution is -2.29. The van der Waals surface area contributed by atoms with Gasteiger partial charge in [-0.15, -0.1) is 41.6 Å². The third-order valence-electron chi connectivity index (χ3n) is 10.7. The van der Waals surface area contributed by atoms with Gasteiger partial charge >= 0.3 is 12.7 Å². The van der Waals surface area contributed by atoms with Crippen LogP contribution in [0.4, 0.5) is 43.4 Å². The van der Waals surface area contributed by atoms with Crippen LogP contribution < -0.4 is 34.5 Å². The second-order valence-corrected chi connectivity index (χ2v) is 17.9. The zero-order valence-electron chi connectivity index (χ0n) is 40.0. The van der Waals surface area contributed by atoms with Gasteiger partial charge in [0.05, 0.1) is 46.7 Å². The highest BCUT2D eigenvalue weighted by Gasteiger charge is 2.34. The Morgan fingerprint density at radius 3 is 1.88 bits per heavy atom. The summed E-state index contributed by atoms with van der Waals surface area (Å²) < 4.78 is 96.2. The van der Waals surface area contributed by atoms with E-state index in [1.165, 1.54) is 99.5 Å². The van der Waals surface area contributed by atoms with Gasteiger partial charge in [-0.1, -0.05) is 90.3 Å². The summed E-state index contributed by atoms with van der Waals surface area (Å²) in [4.78, 5) is 41.6. The number of halogens is 6. The lowest BCUT2D eigenvalue weighted by Gasteiger charge is -2.19. The maximum atomic E-state index is 13.2. The normalized spacial score (nSPS) is 15.5. The van der Waals surface area contributed by atoms with Gasteiger partial charge in [0, 0.05) is 17.2 Å². The van der Waals surface area contributed by atoms with Crippen LogP contribution in [0.5, 0.6) is 23.0 Å². The molecule has 2 aliphatic heterocycles. The van der Waals surface area contributed by atoms with Gasteiger partial charge < -0.3 is 24.7 Å². The molecule has 18 nitrogen and oxygen atoms in total. The van der Waals surface area contributed by atoms with Crippen LogP contribution in [0.1, 0.15) is 16.7 Å². The Kier molecular flexibility index (Phi) is 16.6. The molecule has 0 atom stereocenters. The van der Waals surface area contributed by atoms with Crippen LogP contribution in [0.15, 0.2) is 182 Å². The zero-order valence-corrected chi connectivity index (χ0v) is 41.7. The molecule has 396 valence electrons. The topological polar surface area (TPSA) is 208 Å². The fraction of sp³-hybridized carbons (Fsp3) is 0.115. The Bertz CT molecular complexity index is 3460. The lowest BCUT2D eigenvalue weighted by atomic mass is 10.1. The average molecular weight is 1110 g/mol. The molecule has 2 aliphatic rings. The largest absolute Gasteiger partial charge is 0.573 e. The number of para-hydroxylation sites is 2.